The predicted octanol–water partition coefficient (Wildman–Crippen LogP) is 3.11. The molecule has 0 fully saturated rings. The molecule has 0 amide bonds. The Labute approximate surface area is 220 Å². The van der Waals surface area contributed by atoms with Crippen molar-refractivity contribution in [1.29, 1.82) is 0 Å². The van der Waals surface area contributed by atoms with E-state index in [4.69, 9.17) is 14.6 Å². The highest BCUT2D eigenvalue weighted by atomic mass is 32.2. The highest BCUT2D eigenvalue weighted by Crippen LogP contribution is 2.51. The van der Waals surface area contributed by atoms with Crippen LogP contribution in [0.25, 0.3) is 0 Å². The van der Waals surface area contributed by atoms with Gasteiger partial charge in [-0.2, -0.15) is 0 Å². The molecule has 196 valence electrons. The molecule has 0 aliphatic carbocycles. The molecule has 0 saturated carbocycles. The molecule has 3 unspecified atom stereocenters. The summed E-state index contributed by atoms with van der Waals surface area (Å²) >= 11 is 1.40. The van der Waals surface area contributed by atoms with Gasteiger partial charge in [-0.1, -0.05) is 48.5 Å². The zero-order chi connectivity index (χ0) is 27.2. The van der Waals surface area contributed by atoms with Crippen molar-refractivity contribution < 1.29 is 27.5 Å². The number of esters is 2. The highest BCUT2D eigenvalue weighted by molar-refractivity contribution is 7.89. The summed E-state index contributed by atoms with van der Waals surface area (Å²) in [7, 11) is -0.805. The number of allylic oxidation sites excluding steroid dienone is 1. The second kappa shape index (κ2) is 11.7. The van der Waals surface area contributed by atoms with Crippen LogP contribution < -0.4 is 10.5 Å². The summed E-state index contributed by atoms with van der Waals surface area (Å²) in [5, 5.41) is 10.6. The quantitative estimate of drug-likeness (QED) is 0.468. The molecule has 2 aromatic carbocycles. The number of sulfonamides is 1. The summed E-state index contributed by atoms with van der Waals surface area (Å²) in [6.45, 7) is 3.73. The van der Waals surface area contributed by atoms with Crippen molar-refractivity contribution in [2.45, 2.75) is 36.1 Å². The summed E-state index contributed by atoms with van der Waals surface area (Å²) in [4.78, 5) is 30.6. The second-order valence-electron chi connectivity index (χ2n) is 8.28. The van der Waals surface area contributed by atoms with Gasteiger partial charge in [0.2, 0.25) is 10.0 Å². The normalized spacial score (nSPS) is 21.2. The maximum absolute atomic E-state index is 13.3. The van der Waals surface area contributed by atoms with E-state index in [-0.39, 0.29) is 10.9 Å². The van der Waals surface area contributed by atoms with Gasteiger partial charge in [-0.15, -0.1) is 11.3 Å². The van der Waals surface area contributed by atoms with Crippen LogP contribution in [0.1, 0.15) is 30.3 Å². The van der Waals surface area contributed by atoms with Gasteiger partial charge < -0.3 is 14.8 Å². The molecule has 9 nitrogen and oxygen atoms in total. The number of primary sulfonamides is 1. The van der Waals surface area contributed by atoms with Crippen molar-refractivity contribution in [3.05, 3.63) is 94.1 Å². The highest BCUT2D eigenvalue weighted by Gasteiger charge is 2.59. The van der Waals surface area contributed by atoms with E-state index in [2.05, 4.69) is 10.3 Å². The first kappa shape index (κ1) is 28.0. The van der Waals surface area contributed by atoms with Gasteiger partial charge in [-0.25, -0.2) is 23.3 Å². The Bertz CT molecular complexity index is 1360. The number of rotatable bonds is 5. The predicted molar refractivity (Wildman–Crippen MR) is 140 cm³/mol. The standard InChI is InChI=1S/C20H22N2O4S.C6H7NO2S/c1-12-15(18(23)25-3)16(17-21-10-11-27-17)20(13(2)22-12,19(24)26-4)14-8-6-5-7-9-14;7-10(8,9)6-4-2-1-3-5-6/h5-11,13,16,22H,1-4H3;1-5H,(H2,7,8,9). The van der Waals surface area contributed by atoms with Crippen molar-refractivity contribution in [3.8, 4) is 0 Å². The molecule has 1 aliphatic rings. The van der Waals surface area contributed by atoms with E-state index in [1.165, 1.54) is 37.7 Å². The molecule has 3 aromatic rings. The number of hydrogen-bond donors (Lipinski definition) is 2. The average Bonchev–Trinajstić information content (AvgIpc) is 3.43. The van der Waals surface area contributed by atoms with E-state index in [1.807, 2.05) is 49.6 Å². The van der Waals surface area contributed by atoms with Gasteiger partial charge in [0.1, 0.15) is 10.4 Å². The molecule has 0 spiro atoms. The molecule has 2 heterocycles. The maximum atomic E-state index is 13.3. The number of benzene rings is 2. The number of thiazole rings is 1. The molecular weight excluding hydrogens is 514 g/mol. The van der Waals surface area contributed by atoms with Gasteiger partial charge in [-0.3, -0.25) is 4.79 Å². The summed E-state index contributed by atoms with van der Waals surface area (Å²) < 4.78 is 31.5. The zero-order valence-electron chi connectivity index (χ0n) is 20.9. The van der Waals surface area contributed by atoms with Gasteiger partial charge in [0, 0.05) is 23.3 Å². The van der Waals surface area contributed by atoms with E-state index < -0.39 is 33.3 Å². The first-order valence-corrected chi connectivity index (χ1v) is 13.7. The first-order valence-electron chi connectivity index (χ1n) is 11.3. The molecular formula is C26H29N3O6S2. The lowest BCUT2D eigenvalue weighted by atomic mass is 9.61. The molecule has 1 aliphatic heterocycles. The van der Waals surface area contributed by atoms with Crippen LogP contribution in [0.15, 0.2) is 88.4 Å². The fourth-order valence-electron chi connectivity index (χ4n) is 4.61. The topological polar surface area (TPSA) is 138 Å². The van der Waals surface area contributed by atoms with Crippen LogP contribution in [0.5, 0.6) is 0 Å². The van der Waals surface area contributed by atoms with E-state index >= 15 is 0 Å². The number of aromatic nitrogens is 1. The number of nitrogens with one attached hydrogen (secondary N) is 1. The van der Waals surface area contributed by atoms with Crippen LogP contribution in [0.4, 0.5) is 0 Å². The maximum Gasteiger partial charge on any atom is 0.336 e. The summed E-state index contributed by atoms with van der Waals surface area (Å²) in [5.41, 5.74) is 0.646. The van der Waals surface area contributed by atoms with Crippen molar-refractivity contribution in [3.63, 3.8) is 0 Å². The van der Waals surface area contributed by atoms with Gasteiger partial charge in [0.25, 0.3) is 0 Å². The largest absolute Gasteiger partial charge is 0.468 e. The van der Waals surface area contributed by atoms with Gasteiger partial charge in [0.15, 0.2) is 0 Å². The van der Waals surface area contributed by atoms with Crippen LogP contribution in [-0.4, -0.2) is 45.6 Å². The number of nitrogens with two attached hydrogens (primary N) is 1. The zero-order valence-corrected chi connectivity index (χ0v) is 22.5. The van der Waals surface area contributed by atoms with Gasteiger partial charge in [0.05, 0.1) is 30.6 Å². The molecule has 0 radical (unpaired) electrons. The van der Waals surface area contributed by atoms with E-state index in [9.17, 15) is 18.0 Å². The molecule has 1 aromatic heterocycles. The Balaban J connectivity index is 0.000000319. The minimum absolute atomic E-state index is 0.148. The van der Waals surface area contributed by atoms with E-state index in [1.54, 1.807) is 24.4 Å². The second-order valence-corrected chi connectivity index (χ2v) is 10.8. The van der Waals surface area contributed by atoms with Crippen molar-refractivity contribution in [2.75, 3.05) is 14.2 Å². The molecule has 0 bridgehead atoms. The number of methoxy groups -OCH3 is 2. The monoisotopic (exact) mass is 543 g/mol. The SMILES string of the molecule is COC(=O)C1=C(C)NC(C)C(C(=O)OC)(c2ccccc2)C1c1nccs1.NS(=O)(=O)c1ccccc1. The molecule has 3 N–H and O–H groups in total. The summed E-state index contributed by atoms with van der Waals surface area (Å²) in [5.74, 6) is -1.55. The van der Waals surface area contributed by atoms with Crippen molar-refractivity contribution in [2.24, 2.45) is 5.14 Å². The Morgan fingerprint density at radius 2 is 1.62 bits per heavy atom. The Morgan fingerprint density at radius 3 is 2.08 bits per heavy atom. The molecule has 37 heavy (non-hydrogen) atoms. The Morgan fingerprint density at radius 1 is 1.03 bits per heavy atom. The molecule has 4 rings (SSSR count). The summed E-state index contributed by atoms with van der Waals surface area (Å²) in [6, 6.07) is 16.9. The Kier molecular flexibility index (Phi) is 8.85. The minimum atomic E-state index is -3.50. The third-order valence-electron chi connectivity index (χ3n) is 6.21. The lowest BCUT2D eigenvalue weighted by Crippen LogP contribution is -2.60. The average molecular weight is 544 g/mol. The number of hydrogen-bond acceptors (Lipinski definition) is 9. The molecule has 3 atom stereocenters. The van der Waals surface area contributed by atoms with Crippen LogP contribution >= 0.6 is 11.3 Å². The van der Waals surface area contributed by atoms with Gasteiger partial charge in [-0.05, 0) is 31.5 Å². The fourth-order valence-corrected chi connectivity index (χ4v) is 5.97. The van der Waals surface area contributed by atoms with Crippen molar-refractivity contribution in [1.82, 2.24) is 10.3 Å². The summed E-state index contributed by atoms with van der Waals surface area (Å²) in [6.07, 6.45) is 1.67. The first-order chi connectivity index (χ1) is 17.6. The lowest BCUT2D eigenvalue weighted by Gasteiger charge is -2.47. The minimum Gasteiger partial charge on any atom is -0.468 e. The Hall–Kier alpha value is -3.54. The van der Waals surface area contributed by atoms with E-state index in [0.717, 1.165) is 5.56 Å². The fraction of sp³-hybridized carbons (Fsp3) is 0.269. The number of carbonyl (C=O) groups excluding carboxylic acids is 2. The third kappa shape index (κ3) is 5.58. The molecule has 0 saturated heterocycles. The third-order valence-corrected chi connectivity index (χ3v) is 7.98. The lowest BCUT2D eigenvalue weighted by molar-refractivity contribution is -0.150. The van der Waals surface area contributed by atoms with Crippen LogP contribution in [0.3, 0.4) is 0 Å². The van der Waals surface area contributed by atoms with Crippen molar-refractivity contribution >= 4 is 33.3 Å². The van der Waals surface area contributed by atoms with E-state index in [0.29, 0.717) is 16.3 Å². The number of ether oxygens (including phenoxy) is 2. The number of nitrogens with zero attached hydrogens (tertiary/aromatic N) is 1. The molecule has 11 heteroatoms. The van der Waals surface area contributed by atoms with Crippen LogP contribution in [0.2, 0.25) is 0 Å². The van der Waals surface area contributed by atoms with Crippen LogP contribution in [-0.2, 0) is 34.5 Å². The van der Waals surface area contributed by atoms with Gasteiger partial charge >= 0.3 is 11.9 Å². The number of carbonyl (C=O) groups is 2. The smallest absolute Gasteiger partial charge is 0.336 e. The van der Waals surface area contributed by atoms with Crippen LogP contribution in [0, 0.1) is 0 Å².